The summed E-state index contributed by atoms with van der Waals surface area (Å²) in [5, 5.41) is -0.0492. The molecule has 24 heavy (non-hydrogen) atoms. The molecule has 0 saturated heterocycles. The molecule has 0 aliphatic carbocycles. The lowest BCUT2D eigenvalue weighted by atomic mass is 10.1. The first-order chi connectivity index (χ1) is 11.4. The van der Waals surface area contributed by atoms with E-state index in [9.17, 15) is 9.18 Å². The predicted molar refractivity (Wildman–Crippen MR) is 93.0 cm³/mol. The highest BCUT2D eigenvalue weighted by Gasteiger charge is 2.33. The molecule has 1 aromatic heterocycles. The minimum absolute atomic E-state index is 0.0492. The van der Waals surface area contributed by atoms with Gasteiger partial charge >= 0.3 is 6.03 Å². The van der Waals surface area contributed by atoms with Crippen LogP contribution in [0.2, 0.25) is 5.28 Å². The van der Waals surface area contributed by atoms with Crippen LogP contribution in [0.4, 0.5) is 9.18 Å². The molecule has 0 spiro atoms. The molecule has 0 saturated carbocycles. The summed E-state index contributed by atoms with van der Waals surface area (Å²) >= 11 is 5.77. The minimum Gasteiger partial charge on any atom is -0.331 e. The molecular formula is C17H18ClFN4O. The Balaban J connectivity index is 2.50. The lowest BCUT2D eigenvalue weighted by molar-refractivity contribution is 0.175. The second-order valence-corrected chi connectivity index (χ2v) is 5.72. The van der Waals surface area contributed by atoms with Crippen LogP contribution >= 0.6 is 11.6 Å². The Morgan fingerprint density at radius 3 is 2.79 bits per heavy atom. The number of aromatic nitrogens is 2. The Morgan fingerprint density at radius 2 is 2.21 bits per heavy atom. The predicted octanol–water partition coefficient (Wildman–Crippen LogP) is 3.32. The van der Waals surface area contributed by atoms with Crippen molar-refractivity contribution in [2.24, 2.45) is 0 Å². The van der Waals surface area contributed by atoms with Crippen LogP contribution in [0.15, 0.2) is 49.2 Å². The van der Waals surface area contributed by atoms with Gasteiger partial charge in [0.25, 0.3) is 0 Å². The number of amides is 2. The van der Waals surface area contributed by atoms with E-state index in [0.717, 1.165) is 11.8 Å². The van der Waals surface area contributed by atoms with Gasteiger partial charge in [-0.1, -0.05) is 37.5 Å². The molecule has 5 nitrogen and oxygen atoms in total. The topological polar surface area (TPSA) is 49.3 Å². The lowest BCUT2D eigenvalue weighted by Gasteiger charge is -2.28. The molecule has 2 amide bonds. The van der Waals surface area contributed by atoms with Crippen molar-refractivity contribution in [2.75, 3.05) is 20.6 Å². The number of hydrogen-bond acceptors (Lipinski definition) is 3. The summed E-state index contributed by atoms with van der Waals surface area (Å²) in [6.45, 7) is 7.65. The van der Waals surface area contributed by atoms with Crippen molar-refractivity contribution in [3.8, 4) is 0 Å². The number of halogens is 2. The van der Waals surface area contributed by atoms with E-state index < -0.39 is 11.9 Å². The van der Waals surface area contributed by atoms with Crippen LogP contribution in [0.3, 0.4) is 0 Å². The van der Waals surface area contributed by atoms with E-state index in [1.807, 2.05) is 0 Å². The van der Waals surface area contributed by atoms with Crippen LogP contribution < -0.4 is 0 Å². The van der Waals surface area contributed by atoms with Crippen LogP contribution in [0.25, 0.3) is 5.57 Å². The van der Waals surface area contributed by atoms with Gasteiger partial charge in [0, 0.05) is 14.1 Å². The molecule has 2 heterocycles. The Morgan fingerprint density at radius 1 is 1.50 bits per heavy atom. The van der Waals surface area contributed by atoms with Gasteiger partial charge in [-0.05, 0) is 22.7 Å². The number of carbonyl (C=O) groups is 1. The summed E-state index contributed by atoms with van der Waals surface area (Å²) in [5.74, 6) is -0.587. The van der Waals surface area contributed by atoms with Gasteiger partial charge in [0.05, 0.1) is 18.8 Å². The molecule has 0 radical (unpaired) electrons. The van der Waals surface area contributed by atoms with Crippen LogP contribution in [-0.4, -0.2) is 52.5 Å². The third kappa shape index (κ3) is 3.54. The van der Waals surface area contributed by atoms with Gasteiger partial charge < -0.3 is 9.80 Å². The molecule has 0 N–H and O–H groups in total. The second kappa shape index (κ2) is 7.40. The summed E-state index contributed by atoms with van der Waals surface area (Å²) in [5.41, 5.74) is 1.43. The van der Waals surface area contributed by atoms with E-state index in [1.165, 1.54) is 4.90 Å². The Labute approximate surface area is 145 Å². The standard InChI is InChI=1S/C17H18ClFN4O/c1-5-7-11(6-2)14-8-12(10-23(14)17(24)22(3)4)15-13(19)9-20-16(18)21-15/h5-9,14H,1-2,10H2,3-4H3/b11-7+/t14-/m0/s1. The number of hydrogen-bond donors (Lipinski definition) is 0. The van der Waals surface area contributed by atoms with E-state index in [0.29, 0.717) is 5.57 Å². The average Bonchev–Trinajstić information content (AvgIpc) is 2.98. The van der Waals surface area contributed by atoms with Gasteiger partial charge in [-0.3, -0.25) is 0 Å². The summed E-state index contributed by atoms with van der Waals surface area (Å²) < 4.78 is 14.1. The smallest absolute Gasteiger partial charge is 0.320 e. The van der Waals surface area contributed by atoms with Crippen LogP contribution in [-0.2, 0) is 0 Å². The van der Waals surface area contributed by atoms with Crippen LogP contribution in [0.1, 0.15) is 5.69 Å². The monoisotopic (exact) mass is 348 g/mol. The molecule has 1 atom stereocenters. The van der Waals surface area contributed by atoms with Gasteiger partial charge in [-0.25, -0.2) is 19.2 Å². The van der Waals surface area contributed by atoms with E-state index in [4.69, 9.17) is 11.6 Å². The zero-order valence-corrected chi connectivity index (χ0v) is 14.3. The maximum Gasteiger partial charge on any atom is 0.320 e. The Kier molecular flexibility index (Phi) is 5.51. The van der Waals surface area contributed by atoms with E-state index in [-0.39, 0.29) is 23.6 Å². The zero-order valence-electron chi connectivity index (χ0n) is 13.5. The fourth-order valence-electron chi connectivity index (χ4n) is 2.48. The molecule has 1 aliphatic heterocycles. The highest BCUT2D eigenvalue weighted by molar-refractivity contribution is 6.28. The maximum atomic E-state index is 14.1. The van der Waals surface area contributed by atoms with Crippen molar-refractivity contribution >= 4 is 23.2 Å². The summed E-state index contributed by atoms with van der Waals surface area (Å²) in [6.07, 6.45) is 7.82. The molecule has 1 aliphatic rings. The third-order valence-corrected chi connectivity index (χ3v) is 3.75. The summed E-state index contributed by atoms with van der Waals surface area (Å²) in [4.78, 5) is 23.1. The molecule has 0 fully saturated rings. The molecule has 0 aromatic carbocycles. The van der Waals surface area contributed by atoms with E-state index in [2.05, 4.69) is 23.1 Å². The van der Waals surface area contributed by atoms with E-state index >= 15 is 0 Å². The third-order valence-electron chi connectivity index (χ3n) is 3.57. The van der Waals surface area contributed by atoms with Crippen molar-refractivity contribution in [1.82, 2.24) is 19.8 Å². The molecule has 2 rings (SSSR count). The summed E-state index contributed by atoms with van der Waals surface area (Å²) in [6, 6.07) is -0.595. The normalized spacial score (nSPS) is 17.5. The van der Waals surface area contributed by atoms with Crippen molar-refractivity contribution in [3.63, 3.8) is 0 Å². The van der Waals surface area contributed by atoms with Crippen molar-refractivity contribution in [1.29, 1.82) is 0 Å². The van der Waals surface area contributed by atoms with Gasteiger partial charge in [0.15, 0.2) is 5.82 Å². The highest BCUT2D eigenvalue weighted by Crippen LogP contribution is 2.30. The molecule has 0 bridgehead atoms. The second-order valence-electron chi connectivity index (χ2n) is 5.38. The van der Waals surface area contributed by atoms with Gasteiger partial charge in [0.2, 0.25) is 5.28 Å². The molecule has 1 aromatic rings. The minimum atomic E-state index is -0.587. The number of carbonyl (C=O) groups excluding carboxylic acids is 1. The SMILES string of the molecule is C=C/C=C(\C=C)[C@@H]1C=C(c2nc(Cl)ncc2F)CN1C(=O)N(C)C. The Hall–Kier alpha value is -2.47. The van der Waals surface area contributed by atoms with Crippen molar-refractivity contribution in [3.05, 3.63) is 66.0 Å². The number of urea groups is 1. The number of rotatable bonds is 4. The Bertz CT molecular complexity index is 742. The lowest BCUT2D eigenvalue weighted by Crippen LogP contribution is -2.43. The zero-order chi connectivity index (χ0) is 17.9. The van der Waals surface area contributed by atoms with Gasteiger partial charge in [-0.15, -0.1) is 0 Å². The molecule has 7 heteroatoms. The van der Waals surface area contributed by atoms with Crippen LogP contribution in [0, 0.1) is 5.82 Å². The first-order valence-electron chi connectivity index (χ1n) is 7.21. The van der Waals surface area contributed by atoms with E-state index in [1.54, 1.807) is 43.3 Å². The fourth-order valence-corrected chi connectivity index (χ4v) is 2.62. The van der Waals surface area contributed by atoms with Gasteiger partial charge in [0.1, 0.15) is 5.69 Å². The molecule has 126 valence electrons. The number of nitrogens with zero attached hydrogens (tertiary/aromatic N) is 4. The maximum absolute atomic E-state index is 14.1. The first kappa shape index (κ1) is 17.9. The highest BCUT2D eigenvalue weighted by atomic mass is 35.5. The average molecular weight is 349 g/mol. The van der Waals surface area contributed by atoms with Crippen molar-refractivity contribution < 1.29 is 9.18 Å². The largest absolute Gasteiger partial charge is 0.331 e. The fraction of sp³-hybridized carbons (Fsp3) is 0.235. The summed E-state index contributed by atoms with van der Waals surface area (Å²) in [7, 11) is 3.31. The molecular weight excluding hydrogens is 331 g/mol. The number of allylic oxidation sites excluding steroid dienone is 2. The quantitative estimate of drug-likeness (QED) is 0.619. The van der Waals surface area contributed by atoms with Crippen LogP contribution in [0.5, 0.6) is 0 Å². The first-order valence-corrected chi connectivity index (χ1v) is 7.59. The van der Waals surface area contributed by atoms with Gasteiger partial charge in [-0.2, -0.15) is 0 Å². The van der Waals surface area contributed by atoms with Crippen molar-refractivity contribution in [2.45, 2.75) is 6.04 Å². The molecule has 0 unspecified atom stereocenters.